The molecule has 172 valence electrons. The normalized spacial score (nSPS) is 10.9. The fourth-order valence-electron chi connectivity index (χ4n) is 3.54. The average Bonchev–Trinajstić information content (AvgIpc) is 3.22. The van der Waals surface area contributed by atoms with E-state index in [0.717, 1.165) is 22.3 Å². The van der Waals surface area contributed by atoms with Gasteiger partial charge in [0.25, 0.3) is 5.56 Å². The zero-order chi connectivity index (χ0) is 24.6. The highest BCUT2D eigenvalue weighted by Crippen LogP contribution is 2.31. The molecule has 4 rings (SSSR count). The first-order chi connectivity index (χ1) is 16.1. The molecule has 2 aromatic heterocycles. The predicted molar refractivity (Wildman–Crippen MR) is 131 cm³/mol. The van der Waals surface area contributed by atoms with Gasteiger partial charge in [-0.25, -0.2) is 4.98 Å². The van der Waals surface area contributed by atoms with Crippen LogP contribution in [-0.2, 0) is 11.3 Å². The Balaban J connectivity index is 1.65. The van der Waals surface area contributed by atoms with Gasteiger partial charge in [0.15, 0.2) is 0 Å². The predicted octanol–water partition coefficient (Wildman–Crippen LogP) is 2.58. The van der Waals surface area contributed by atoms with Gasteiger partial charge in [0.2, 0.25) is 17.7 Å². The van der Waals surface area contributed by atoms with Gasteiger partial charge in [-0.05, 0) is 48.7 Å². The first kappa shape index (κ1) is 22.9. The van der Waals surface area contributed by atoms with Crippen LogP contribution in [0.3, 0.4) is 0 Å². The molecule has 0 unspecified atom stereocenters. The lowest BCUT2D eigenvalue weighted by Crippen LogP contribution is -2.28. The van der Waals surface area contributed by atoms with Crippen LogP contribution in [0.2, 0.25) is 0 Å². The summed E-state index contributed by atoms with van der Waals surface area (Å²) < 4.78 is 1.21. The molecule has 0 radical (unpaired) electrons. The Labute approximate surface area is 198 Å². The number of primary amides is 2. The van der Waals surface area contributed by atoms with Gasteiger partial charge in [-0.2, -0.15) is 0 Å². The topological polar surface area (TPSA) is 150 Å². The Morgan fingerprint density at radius 2 is 1.68 bits per heavy atom. The molecule has 4 aromatic rings. The number of hydrogen-bond acceptors (Lipinski definition) is 6. The monoisotopic (exact) mass is 475 g/mol. The summed E-state index contributed by atoms with van der Waals surface area (Å²) in [5.41, 5.74) is 14.3. The number of nitrogens with two attached hydrogens (primary N) is 2. The fraction of sp³-hybridized carbons (Fsp3) is 0.125. The first-order valence-electron chi connectivity index (χ1n) is 10.2. The molecule has 34 heavy (non-hydrogen) atoms. The summed E-state index contributed by atoms with van der Waals surface area (Å²) in [6, 6.07) is 9.86. The third-order valence-electron chi connectivity index (χ3n) is 5.48. The molecule has 0 aliphatic heterocycles. The number of nitrogens with one attached hydrogen (secondary N) is 1. The van der Waals surface area contributed by atoms with Crippen LogP contribution in [0.15, 0.2) is 52.9 Å². The van der Waals surface area contributed by atoms with E-state index in [1.54, 1.807) is 0 Å². The van der Waals surface area contributed by atoms with E-state index in [1.807, 2.05) is 37.4 Å². The van der Waals surface area contributed by atoms with Gasteiger partial charge >= 0.3 is 0 Å². The lowest BCUT2D eigenvalue weighted by atomic mass is 10.0. The molecule has 0 aliphatic rings. The second kappa shape index (κ2) is 8.91. The Morgan fingerprint density at radius 1 is 1.00 bits per heavy atom. The zero-order valence-corrected chi connectivity index (χ0v) is 19.2. The lowest BCUT2D eigenvalue weighted by molar-refractivity contribution is -0.116. The van der Waals surface area contributed by atoms with Crippen molar-refractivity contribution in [2.45, 2.75) is 20.4 Å². The standard InChI is InChI=1S/C24H21N5O4S/c1-12-3-4-14(5-13(12)2)18-10-34-23-20(18)24(33)29(11-27-23)9-19(30)28-17-7-15(21(25)31)6-16(8-17)22(26)32/h3-8,10-11H,9H2,1-2H3,(H2,25,31)(H2,26,32)(H,28,30). The molecular weight excluding hydrogens is 454 g/mol. The Morgan fingerprint density at radius 3 is 2.29 bits per heavy atom. The summed E-state index contributed by atoms with van der Waals surface area (Å²) >= 11 is 1.36. The Bertz CT molecular complexity index is 1500. The number of benzene rings is 2. The van der Waals surface area contributed by atoms with E-state index in [4.69, 9.17) is 11.5 Å². The van der Waals surface area contributed by atoms with Crippen LogP contribution in [0.5, 0.6) is 0 Å². The molecule has 0 aliphatic carbocycles. The number of carbonyl (C=O) groups excluding carboxylic acids is 3. The zero-order valence-electron chi connectivity index (χ0n) is 18.4. The highest BCUT2D eigenvalue weighted by atomic mass is 32.1. The van der Waals surface area contributed by atoms with Crippen molar-refractivity contribution < 1.29 is 14.4 Å². The maximum atomic E-state index is 13.2. The maximum Gasteiger partial charge on any atom is 0.263 e. The number of anilines is 1. The minimum absolute atomic E-state index is 0.0168. The number of amides is 3. The van der Waals surface area contributed by atoms with Gasteiger partial charge in [-0.15, -0.1) is 11.3 Å². The van der Waals surface area contributed by atoms with Gasteiger partial charge < -0.3 is 16.8 Å². The molecule has 0 bridgehead atoms. The van der Waals surface area contributed by atoms with Crippen LogP contribution in [0.4, 0.5) is 5.69 Å². The van der Waals surface area contributed by atoms with Crippen molar-refractivity contribution in [1.29, 1.82) is 0 Å². The first-order valence-corrected chi connectivity index (χ1v) is 11.1. The van der Waals surface area contributed by atoms with Gasteiger partial charge in [-0.3, -0.25) is 23.7 Å². The Hall–Kier alpha value is -4.31. The molecule has 0 saturated heterocycles. The maximum absolute atomic E-state index is 13.2. The van der Waals surface area contributed by atoms with Crippen molar-refractivity contribution in [1.82, 2.24) is 9.55 Å². The van der Waals surface area contributed by atoms with Crippen LogP contribution < -0.4 is 22.3 Å². The van der Waals surface area contributed by atoms with Crippen LogP contribution in [0, 0.1) is 13.8 Å². The average molecular weight is 476 g/mol. The fourth-order valence-corrected chi connectivity index (χ4v) is 4.45. The molecule has 0 atom stereocenters. The van der Waals surface area contributed by atoms with Crippen LogP contribution in [0.1, 0.15) is 31.8 Å². The Kier molecular flexibility index (Phi) is 5.99. The summed E-state index contributed by atoms with van der Waals surface area (Å²) in [4.78, 5) is 53.9. The van der Waals surface area contributed by atoms with E-state index in [-0.39, 0.29) is 28.9 Å². The second-order valence-corrected chi connectivity index (χ2v) is 8.74. The van der Waals surface area contributed by atoms with E-state index >= 15 is 0 Å². The van der Waals surface area contributed by atoms with E-state index in [2.05, 4.69) is 10.3 Å². The lowest BCUT2D eigenvalue weighted by Gasteiger charge is -2.10. The van der Waals surface area contributed by atoms with E-state index in [0.29, 0.717) is 10.2 Å². The number of fused-ring (bicyclic) bond motifs is 1. The quantitative estimate of drug-likeness (QED) is 0.392. The van der Waals surface area contributed by atoms with Crippen molar-refractivity contribution >= 4 is 45.0 Å². The largest absolute Gasteiger partial charge is 0.366 e. The number of rotatable bonds is 6. The molecule has 0 fully saturated rings. The minimum atomic E-state index is -0.777. The summed E-state index contributed by atoms with van der Waals surface area (Å²) in [7, 11) is 0. The second-order valence-electron chi connectivity index (χ2n) is 7.88. The van der Waals surface area contributed by atoms with Crippen LogP contribution in [0.25, 0.3) is 21.3 Å². The molecule has 10 heteroatoms. The summed E-state index contributed by atoms with van der Waals surface area (Å²) in [5.74, 6) is -2.11. The van der Waals surface area contributed by atoms with Crippen molar-refractivity contribution in [3.63, 3.8) is 0 Å². The SMILES string of the molecule is Cc1ccc(-c2csc3ncn(CC(=O)Nc4cc(C(N)=O)cc(C(N)=O)c4)c(=O)c23)cc1C. The van der Waals surface area contributed by atoms with Gasteiger partial charge in [0.05, 0.1) is 11.7 Å². The summed E-state index contributed by atoms with van der Waals surface area (Å²) in [6.45, 7) is 3.70. The van der Waals surface area contributed by atoms with Crippen molar-refractivity contribution in [3.8, 4) is 11.1 Å². The molecule has 0 saturated carbocycles. The van der Waals surface area contributed by atoms with E-state index in [9.17, 15) is 19.2 Å². The molecule has 3 amide bonds. The van der Waals surface area contributed by atoms with Gasteiger partial charge in [0, 0.05) is 27.8 Å². The number of aromatic nitrogens is 2. The molecule has 2 heterocycles. The highest BCUT2D eigenvalue weighted by Gasteiger charge is 2.16. The third-order valence-corrected chi connectivity index (χ3v) is 6.36. The van der Waals surface area contributed by atoms with Crippen molar-refractivity contribution in [2.75, 3.05) is 5.32 Å². The van der Waals surface area contributed by atoms with Gasteiger partial charge in [0.1, 0.15) is 11.4 Å². The molecule has 9 nitrogen and oxygen atoms in total. The van der Waals surface area contributed by atoms with Crippen LogP contribution >= 0.6 is 11.3 Å². The minimum Gasteiger partial charge on any atom is -0.366 e. The number of aryl methyl sites for hydroxylation is 2. The van der Waals surface area contributed by atoms with E-state index < -0.39 is 17.7 Å². The summed E-state index contributed by atoms with van der Waals surface area (Å²) in [6.07, 6.45) is 1.32. The number of thiophene rings is 1. The van der Waals surface area contributed by atoms with E-state index in [1.165, 1.54) is 40.4 Å². The van der Waals surface area contributed by atoms with Crippen LogP contribution in [-0.4, -0.2) is 27.3 Å². The molecular formula is C24H21N5O4S. The third kappa shape index (κ3) is 4.44. The smallest absolute Gasteiger partial charge is 0.263 e. The molecule has 5 N–H and O–H groups in total. The number of nitrogens with zero attached hydrogens (tertiary/aromatic N) is 2. The van der Waals surface area contributed by atoms with Crippen molar-refractivity contribution in [3.05, 3.63) is 80.7 Å². The molecule has 0 spiro atoms. The van der Waals surface area contributed by atoms with Gasteiger partial charge in [-0.1, -0.05) is 18.2 Å². The summed E-state index contributed by atoms with van der Waals surface area (Å²) in [5, 5.41) is 4.89. The van der Waals surface area contributed by atoms with Crippen molar-refractivity contribution in [2.24, 2.45) is 11.5 Å². The number of hydrogen-bond donors (Lipinski definition) is 3. The number of carbonyl (C=O) groups is 3. The molecule has 2 aromatic carbocycles. The highest BCUT2D eigenvalue weighted by molar-refractivity contribution is 7.17.